The SMILES string of the molecule is CC(Nc1cc(Br)cc(F)c1N)C(F)F.CC(O)C(=O)Cc1c(F)cc(Br)cc1NC(C)C(F)F.CC(O)C(=O)O.CC(O)c1nc2c(F)cc(Br)cc2n1C(C)C(F)F.Cl. The number of Topliss-reactive ketones (excluding diaryl/α,β-unsaturated/α-hetero) is 1. The van der Waals surface area contributed by atoms with Crippen LogP contribution in [-0.2, 0) is 16.0 Å². The zero-order valence-electron chi connectivity index (χ0n) is 32.9. The number of aliphatic carboxylic acids is 1. The van der Waals surface area contributed by atoms with E-state index < -0.39 is 84.9 Å². The molecule has 0 aliphatic carbocycles. The molecule has 0 aliphatic heterocycles. The third kappa shape index (κ3) is 18.1. The standard InChI is InChI=1S/C13H15BrF3NO2.C12H12BrF3N2O.C9H10BrF3N2.C3H6O3.ClH/c1-6(13(16)17)18-11-4-8(14)3-10(15)9(11)5-12(20)7(2)19;1-5(11(15)16)18-9-4-7(13)3-8(14)10(9)17-12(18)6(2)19;1-4(9(12)13)15-7-3-5(10)2-6(11)8(7)14;1-2(4)3(5)6;/h3-4,6-7,13,18-19H,5H2,1-2H3;3-6,11,19H,1-2H3;2-4,9,15H,14H2,1H3;2,4H,1H3,(H,5,6);1H. The molecule has 4 rings (SSSR count). The van der Waals surface area contributed by atoms with Gasteiger partial charge in [-0.1, -0.05) is 47.8 Å². The zero-order valence-corrected chi connectivity index (χ0v) is 38.5. The summed E-state index contributed by atoms with van der Waals surface area (Å²) in [7, 11) is 0. The highest BCUT2D eigenvalue weighted by Crippen LogP contribution is 2.32. The Morgan fingerprint density at radius 2 is 1.13 bits per heavy atom. The van der Waals surface area contributed by atoms with Gasteiger partial charge in [0.2, 0.25) is 0 Å². The van der Waals surface area contributed by atoms with Crippen LogP contribution in [0.4, 0.5) is 56.6 Å². The lowest BCUT2D eigenvalue weighted by Gasteiger charge is -2.18. The highest BCUT2D eigenvalue weighted by molar-refractivity contribution is 9.11. The number of anilines is 3. The number of nitrogens with one attached hydrogen (secondary N) is 2. The molecule has 61 heavy (non-hydrogen) atoms. The number of aliphatic hydroxyl groups excluding tert-OH is 3. The van der Waals surface area contributed by atoms with E-state index in [0.717, 1.165) is 6.07 Å². The number of imidazole rings is 1. The molecule has 0 aliphatic rings. The smallest absolute Gasteiger partial charge is 0.332 e. The molecule has 0 saturated carbocycles. The van der Waals surface area contributed by atoms with Gasteiger partial charge in [0, 0.05) is 31.1 Å². The van der Waals surface area contributed by atoms with Gasteiger partial charge in [-0.3, -0.25) is 4.79 Å². The molecular formula is C37H44Br3ClF9N5O6. The number of fused-ring (bicyclic) bond motifs is 1. The van der Waals surface area contributed by atoms with Gasteiger partial charge < -0.3 is 41.4 Å². The number of ketones is 1. The second-order valence-corrected chi connectivity index (χ2v) is 15.7. The number of carbonyl (C=O) groups excluding carboxylic acids is 1. The van der Waals surface area contributed by atoms with Crippen LogP contribution in [0, 0.1) is 17.5 Å². The molecule has 11 nitrogen and oxygen atoms in total. The Bertz CT molecular complexity index is 2050. The van der Waals surface area contributed by atoms with E-state index >= 15 is 0 Å². The van der Waals surface area contributed by atoms with E-state index in [-0.39, 0.29) is 58.3 Å². The van der Waals surface area contributed by atoms with Crippen LogP contribution in [0.15, 0.2) is 49.8 Å². The van der Waals surface area contributed by atoms with Gasteiger partial charge in [-0.2, -0.15) is 0 Å². The number of benzene rings is 3. The molecule has 1 aromatic heterocycles. The van der Waals surface area contributed by atoms with Crippen molar-refractivity contribution in [2.45, 2.75) is 104 Å². The minimum Gasteiger partial charge on any atom is -0.479 e. The number of rotatable bonds is 13. The Kier molecular flexibility index (Phi) is 24.9. The van der Waals surface area contributed by atoms with E-state index in [9.17, 15) is 54.2 Å². The van der Waals surface area contributed by atoms with Crippen molar-refractivity contribution in [2.24, 2.45) is 0 Å². The number of carboxylic acid groups (broad SMARTS) is 1. The first-order valence-corrected chi connectivity index (χ1v) is 19.7. The first-order valence-electron chi connectivity index (χ1n) is 17.4. The van der Waals surface area contributed by atoms with Gasteiger partial charge in [-0.25, -0.2) is 49.3 Å². The van der Waals surface area contributed by atoms with Crippen molar-refractivity contribution in [3.8, 4) is 0 Å². The molecule has 0 bridgehead atoms. The van der Waals surface area contributed by atoms with Crippen molar-refractivity contribution in [3.05, 3.63) is 78.7 Å². The van der Waals surface area contributed by atoms with E-state index in [2.05, 4.69) is 63.4 Å². The van der Waals surface area contributed by atoms with Gasteiger partial charge in [0.1, 0.15) is 41.3 Å². The molecule has 0 saturated heterocycles. The number of hydrogen-bond acceptors (Lipinski definition) is 9. The van der Waals surface area contributed by atoms with E-state index in [1.54, 1.807) is 0 Å². The number of carbonyl (C=O) groups is 2. The van der Waals surface area contributed by atoms with Crippen molar-refractivity contribution >= 4 is 100 Å². The van der Waals surface area contributed by atoms with Crippen molar-refractivity contribution in [2.75, 3.05) is 16.4 Å². The number of nitrogen functional groups attached to an aromatic ring is 1. The topological polar surface area (TPSA) is 183 Å². The minimum absolute atomic E-state index is 0. The maximum atomic E-state index is 13.9. The lowest BCUT2D eigenvalue weighted by molar-refractivity contribution is -0.145. The Morgan fingerprint density at radius 3 is 1.56 bits per heavy atom. The number of aromatic nitrogens is 2. The summed E-state index contributed by atoms with van der Waals surface area (Å²) in [5.41, 5.74) is 5.68. The number of aliphatic hydroxyl groups is 3. The van der Waals surface area contributed by atoms with Crippen LogP contribution < -0.4 is 16.4 Å². The van der Waals surface area contributed by atoms with Crippen molar-refractivity contribution < 1.29 is 69.5 Å². The van der Waals surface area contributed by atoms with Gasteiger partial charge in [0.15, 0.2) is 11.6 Å². The molecule has 0 amide bonds. The number of alkyl halides is 6. The summed E-state index contributed by atoms with van der Waals surface area (Å²) in [5.74, 6) is -3.70. The van der Waals surface area contributed by atoms with Crippen LogP contribution in [0.25, 0.3) is 11.0 Å². The Labute approximate surface area is 376 Å². The average molecular weight is 1100 g/mol. The molecular weight excluding hydrogens is 1060 g/mol. The first-order chi connectivity index (χ1) is 27.6. The van der Waals surface area contributed by atoms with E-state index in [1.807, 2.05) is 0 Å². The Hall–Kier alpha value is -3.35. The number of hydrogen-bond donors (Lipinski definition) is 7. The van der Waals surface area contributed by atoms with Crippen LogP contribution in [0.2, 0.25) is 0 Å². The minimum atomic E-state index is -2.64. The first kappa shape index (κ1) is 57.6. The maximum absolute atomic E-state index is 13.9. The van der Waals surface area contributed by atoms with Crippen molar-refractivity contribution in [3.63, 3.8) is 0 Å². The van der Waals surface area contributed by atoms with Crippen LogP contribution in [0.1, 0.15) is 65.1 Å². The van der Waals surface area contributed by atoms with E-state index in [0.29, 0.717) is 13.4 Å². The average Bonchev–Trinajstić information content (AvgIpc) is 3.52. The normalized spacial score (nSPS) is 13.9. The highest BCUT2D eigenvalue weighted by Gasteiger charge is 2.26. The number of carboxylic acids is 1. The second-order valence-electron chi connectivity index (χ2n) is 13.0. The summed E-state index contributed by atoms with van der Waals surface area (Å²) in [6.07, 6.45) is -11.7. The quantitative estimate of drug-likeness (QED) is 0.0503. The summed E-state index contributed by atoms with van der Waals surface area (Å²) in [4.78, 5) is 24.9. The van der Waals surface area contributed by atoms with Gasteiger partial charge in [0.25, 0.3) is 19.3 Å². The molecule has 1 heterocycles. The lowest BCUT2D eigenvalue weighted by Crippen LogP contribution is -2.26. The van der Waals surface area contributed by atoms with Crippen LogP contribution >= 0.6 is 60.2 Å². The highest BCUT2D eigenvalue weighted by atomic mass is 79.9. The van der Waals surface area contributed by atoms with Crippen molar-refractivity contribution in [1.29, 1.82) is 0 Å². The molecule has 24 heteroatoms. The lowest BCUT2D eigenvalue weighted by atomic mass is 10.0. The Balaban J connectivity index is 0.000000829. The molecule has 0 fully saturated rings. The van der Waals surface area contributed by atoms with Gasteiger partial charge in [0.05, 0.1) is 35.0 Å². The van der Waals surface area contributed by atoms with Gasteiger partial charge >= 0.3 is 5.97 Å². The van der Waals surface area contributed by atoms with Gasteiger partial charge in [-0.05, 0) is 77.9 Å². The predicted octanol–water partition coefficient (Wildman–Crippen LogP) is 10.1. The molecule has 0 radical (unpaired) electrons. The monoisotopic (exact) mass is 1100 g/mol. The molecule has 4 aromatic rings. The molecule has 344 valence electrons. The third-order valence-electron chi connectivity index (χ3n) is 7.84. The largest absolute Gasteiger partial charge is 0.479 e. The molecule has 0 spiro atoms. The fourth-order valence-electron chi connectivity index (χ4n) is 4.53. The Morgan fingerprint density at radius 1 is 0.705 bits per heavy atom. The summed E-state index contributed by atoms with van der Waals surface area (Å²) in [5, 5.41) is 39.5. The number of halogens is 13. The second kappa shape index (κ2) is 26.3. The van der Waals surface area contributed by atoms with E-state index in [1.165, 1.54) is 76.4 Å². The fourth-order valence-corrected chi connectivity index (χ4v) is 5.81. The maximum Gasteiger partial charge on any atom is 0.332 e. The van der Waals surface area contributed by atoms with Crippen LogP contribution in [0.5, 0.6) is 0 Å². The van der Waals surface area contributed by atoms with Crippen molar-refractivity contribution in [1.82, 2.24) is 9.55 Å². The summed E-state index contributed by atoms with van der Waals surface area (Å²) >= 11 is 9.24. The van der Waals surface area contributed by atoms with Crippen LogP contribution in [-0.4, -0.2) is 85.3 Å². The molecule has 3 aromatic carbocycles. The van der Waals surface area contributed by atoms with Crippen LogP contribution in [0.3, 0.4) is 0 Å². The third-order valence-corrected chi connectivity index (χ3v) is 9.21. The fraction of sp³-hybridized carbons (Fsp3) is 0.432. The molecule has 8 N–H and O–H groups in total. The van der Waals surface area contributed by atoms with E-state index in [4.69, 9.17) is 21.1 Å². The van der Waals surface area contributed by atoms with Gasteiger partial charge in [-0.15, -0.1) is 12.4 Å². The predicted molar refractivity (Wildman–Crippen MR) is 226 cm³/mol. The molecule has 6 unspecified atom stereocenters. The number of nitrogens with two attached hydrogens (primary N) is 1. The summed E-state index contributed by atoms with van der Waals surface area (Å²) in [6, 6.07) is 4.43. The zero-order chi connectivity index (χ0) is 46.5. The summed E-state index contributed by atoms with van der Waals surface area (Å²) in [6.45, 7) is 7.72. The summed E-state index contributed by atoms with van der Waals surface area (Å²) < 4.78 is 119. The molecule has 6 atom stereocenters. The number of nitrogens with zero attached hydrogens (tertiary/aromatic N) is 2.